The monoisotopic (exact) mass is 325 g/mol. The lowest BCUT2D eigenvalue weighted by atomic mass is 9.74. The van der Waals surface area contributed by atoms with Crippen LogP contribution in [0.25, 0.3) is 11.1 Å². The molecule has 4 rings (SSSR count). The average Bonchev–Trinajstić information content (AvgIpc) is 2.96. The normalized spacial score (nSPS) is 13.4. The molecule has 1 aliphatic carbocycles. The van der Waals surface area contributed by atoms with Crippen LogP contribution < -0.4 is 0 Å². The fraction of sp³-hybridized carbons (Fsp3) is 0.208. The van der Waals surface area contributed by atoms with Crippen LogP contribution in [0, 0.1) is 10.8 Å². The second-order valence-corrected chi connectivity index (χ2v) is 7.56. The summed E-state index contributed by atoms with van der Waals surface area (Å²) in [4.78, 5) is 0. The highest BCUT2D eigenvalue weighted by atomic mass is 14.5. The van der Waals surface area contributed by atoms with E-state index in [4.69, 9.17) is 5.41 Å². The van der Waals surface area contributed by atoms with Gasteiger partial charge in [-0.05, 0) is 34.2 Å². The van der Waals surface area contributed by atoms with E-state index in [-0.39, 0.29) is 5.41 Å². The van der Waals surface area contributed by atoms with Gasteiger partial charge in [-0.3, -0.25) is 0 Å². The van der Waals surface area contributed by atoms with Gasteiger partial charge in [0.05, 0.1) is 0 Å². The van der Waals surface area contributed by atoms with Crippen LogP contribution in [0.2, 0.25) is 0 Å². The van der Waals surface area contributed by atoms with Crippen LogP contribution in [0.15, 0.2) is 78.9 Å². The molecule has 0 atom stereocenters. The fourth-order valence-electron chi connectivity index (χ4n) is 4.09. The molecule has 0 bridgehead atoms. The number of benzene rings is 3. The highest BCUT2D eigenvalue weighted by Gasteiger charge is 2.35. The number of rotatable bonds is 4. The third-order valence-electron chi connectivity index (χ3n) is 5.42. The minimum Gasteiger partial charge on any atom is -0.304 e. The Morgan fingerprint density at radius 3 is 1.80 bits per heavy atom. The minimum absolute atomic E-state index is 0.198. The van der Waals surface area contributed by atoms with Gasteiger partial charge in [-0.1, -0.05) is 92.7 Å². The highest BCUT2D eigenvalue weighted by molar-refractivity contribution is 6.02. The van der Waals surface area contributed by atoms with Gasteiger partial charge in [-0.25, -0.2) is 0 Å². The SMILES string of the molecule is CC(C)(CC1c2ccccc2-c2ccccc21)C(=N)c1ccccc1. The van der Waals surface area contributed by atoms with E-state index in [0.717, 1.165) is 17.7 Å². The molecule has 1 aliphatic rings. The molecule has 0 heterocycles. The van der Waals surface area contributed by atoms with E-state index < -0.39 is 0 Å². The molecule has 25 heavy (non-hydrogen) atoms. The molecule has 0 unspecified atom stereocenters. The minimum atomic E-state index is -0.198. The predicted octanol–water partition coefficient (Wildman–Crippen LogP) is 6.28. The molecule has 0 radical (unpaired) electrons. The van der Waals surface area contributed by atoms with E-state index in [1.807, 2.05) is 30.3 Å². The summed E-state index contributed by atoms with van der Waals surface area (Å²) in [6.45, 7) is 4.40. The molecule has 0 saturated heterocycles. The van der Waals surface area contributed by atoms with Crippen LogP contribution in [-0.2, 0) is 0 Å². The third kappa shape index (κ3) is 2.70. The van der Waals surface area contributed by atoms with Crippen molar-refractivity contribution in [2.75, 3.05) is 0 Å². The van der Waals surface area contributed by atoms with Crippen molar-refractivity contribution in [3.63, 3.8) is 0 Å². The van der Waals surface area contributed by atoms with Gasteiger partial charge in [-0.2, -0.15) is 0 Å². The fourth-order valence-corrected chi connectivity index (χ4v) is 4.09. The van der Waals surface area contributed by atoms with Gasteiger partial charge in [0.2, 0.25) is 0 Å². The van der Waals surface area contributed by atoms with Crippen LogP contribution in [0.1, 0.15) is 42.9 Å². The molecule has 0 aromatic heterocycles. The molecule has 3 aromatic carbocycles. The zero-order chi connectivity index (χ0) is 17.4. The molecule has 3 aromatic rings. The third-order valence-corrected chi connectivity index (χ3v) is 5.42. The summed E-state index contributed by atoms with van der Waals surface area (Å²) in [6.07, 6.45) is 0.939. The second kappa shape index (κ2) is 6.00. The van der Waals surface area contributed by atoms with Gasteiger partial charge >= 0.3 is 0 Å². The van der Waals surface area contributed by atoms with E-state index in [1.165, 1.54) is 22.3 Å². The number of nitrogens with one attached hydrogen (secondary N) is 1. The summed E-state index contributed by atoms with van der Waals surface area (Å²) in [5.41, 5.74) is 7.05. The Bertz CT molecular complexity index is 876. The van der Waals surface area contributed by atoms with E-state index in [0.29, 0.717) is 5.92 Å². The number of hydrogen-bond acceptors (Lipinski definition) is 1. The molecular formula is C24H23N. The van der Waals surface area contributed by atoms with Crippen molar-refractivity contribution in [3.8, 4) is 11.1 Å². The van der Waals surface area contributed by atoms with Crippen molar-refractivity contribution in [1.82, 2.24) is 0 Å². The summed E-state index contributed by atoms with van der Waals surface area (Å²) in [5, 5.41) is 8.76. The zero-order valence-corrected chi connectivity index (χ0v) is 14.8. The molecular weight excluding hydrogens is 302 g/mol. The molecule has 1 N–H and O–H groups in total. The van der Waals surface area contributed by atoms with Gasteiger partial charge in [-0.15, -0.1) is 0 Å². The van der Waals surface area contributed by atoms with Crippen molar-refractivity contribution in [2.45, 2.75) is 26.2 Å². The van der Waals surface area contributed by atoms with E-state index in [2.05, 4.69) is 62.4 Å². The predicted molar refractivity (Wildman–Crippen MR) is 105 cm³/mol. The molecule has 0 spiro atoms. The lowest BCUT2D eigenvalue weighted by Gasteiger charge is -2.30. The quantitative estimate of drug-likeness (QED) is 0.546. The first-order chi connectivity index (χ1) is 12.1. The number of hydrogen-bond donors (Lipinski definition) is 1. The van der Waals surface area contributed by atoms with E-state index in [1.54, 1.807) is 0 Å². The molecule has 0 aliphatic heterocycles. The Morgan fingerprint density at radius 1 is 0.760 bits per heavy atom. The molecule has 0 saturated carbocycles. The maximum absolute atomic E-state index is 8.76. The lowest BCUT2D eigenvalue weighted by molar-refractivity contribution is 0.448. The average molecular weight is 325 g/mol. The summed E-state index contributed by atoms with van der Waals surface area (Å²) >= 11 is 0. The van der Waals surface area contributed by atoms with Gasteiger partial charge in [0, 0.05) is 17.0 Å². The van der Waals surface area contributed by atoms with Crippen molar-refractivity contribution >= 4 is 5.71 Å². The topological polar surface area (TPSA) is 23.9 Å². The second-order valence-electron chi connectivity index (χ2n) is 7.56. The van der Waals surface area contributed by atoms with E-state index in [9.17, 15) is 0 Å². The molecule has 1 nitrogen and oxygen atoms in total. The van der Waals surface area contributed by atoms with Gasteiger partial charge in [0.15, 0.2) is 0 Å². The summed E-state index contributed by atoms with van der Waals surface area (Å²) in [5.74, 6) is 0.353. The Balaban J connectivity index is 1.72. The molecule has 124 valence electrons. The largest absolute Gasteiger partial charge is 0.304 e. The maximum Gasteiger partial charge on any atom is 0.0442 e. The maximum atomic E-state index is 8.76. The standard InChI is InChI=1S/C24H23N/c1-24(2,23(25)17-10-4-3-5-11-17)16-22-20-14-8-6-12-18(20)19-13-7-9-15-21(19)22/h3-15,22,25H,16H2,1-2H3. The van der Waals surface area contributed by atoms with Gasteiger partial charge in [0.1, 0.15) is 0 Å². The summed E-state index contributed by atoms with van der Waals surface area (Å²) in [6, 6.07) is 27.6. The van der Waals surface area contributed by atoms with Gasteiger partial charge < -0.3 is 5.41 Å². The zero-order valence-electron chi connectivity index (χ0n) is 14.8. The molecule has 0 amide bonds. The first-order valence-corrected chi connectivity index (χ1v) is 8.90. The van der Waals surface area contributed by atoms with Crippen molar-refractivity contribution in [1.29, 1.82) is 5.41 Å². The summed E-state index contributed by atoms with van der Waals surface area (Å²) in [7, 11) is 0. The van der Waals surface area contributed by atoms with Crippen LogP contribution in [0.5, 0.6) is 0 Å². The molecule has 0 fully saturated rings. The van der Waals surface area contributed by atoms with Crippen LogP contribution in [-0.4, -0.2) is 5.71 Å². The van der Waals surface area contributed by atoms with Gasteiger partial charge in [0.25, 0.3) is 0 Å². The van der Waals surface area contributed by atoms with Crippen molar-refractivity contribution in [3.05, 3.63) is 95.6 Å². The first kappa shape index (κ1) is 15.8. The van der Waals surface area contributed by atoms with E-state index >= 15 is 0 Å². The highest BCUT2D eigenvalue weighted by Crippen LogP contribution is 2.49. The Kier molecular flexibility index (Phi) is 3.80. The van der Waals surface area contributed by atoms with Crippen LogP contribution >= 0.6 is 0 Å². The van der Waals surface area contributed by atoms with Crippen LogP contribution in [0.4, 0.5) is 0 Å². The smallest absolute Gasteiger partial charge is 0.0442 e. The Labute approximate surface area is 149 Å². The van der Waals surface area contributed by atoms with Crippen molar-refractivity contribution < 1.29 is 0 Å². The molecule has 1 heteroatoms. The van der Waals surface area contributed by atoms with Crippen LogP contribution in [0.3, 0.4) is 0 Å². The lowest BCUT2D eigenvalue weighted by Crippen LogP contribution is -2.26. The Hall–Kier alpha value is -2.67. The Morgan fingerprint density at radius 2 is 1.24 bits per heavy atom. The summed E-state index contributed by atoms with van der Waals surface area (Å²) < 4.78 is 0. The first-order valence-electron chi connectivity index (χ1n) is 8.90. The van der Waals surface area contributed by atoms with Crippen molar-refractivity contribution in [2.24, 2.45) is 5.41 Å². The number of fused-ring (bicyclic) bond motifs is 3.